The highest BCUT2D eigenvalue weighted by molar-refractivity contribution is 7.14. The molecule has 1 aromatic carbocycles. The molecule has 178 valence electrons. The zero-order valence-electron chi connectivity index (χ0n) is 19.0. The normalized spacial score (nSPS) is 18.8. The molecule has 2 aromatic heterocycles. The molecular formula is C25H29N5O3S. The Morgan fingerprint density at radius 1 is 1.15 bits per heavy atom. The average molecular weight is 480 g/mol. The van der Waals surface area contributed by atoms with Crippen LogP contribution in [0.5, 0.6) is 0 Å². The maximum Gasteiger partial charge on any atom is 0.274 e. The fourth-order valence-corrected chi connectivity index (χ4v) is 5.60. The second-order valence-corrected chi connectivity index (χ2v) is 9.75. The van der Waals surface area contributed by atoms with E-state index in [1.54, 1.807) is 12.1 Å². The van der Waals surface area contributed by atoms with Gasteiger partial charge in [-0.1, -0.05) is 0 Å². The van der Waals surface area contributed by atoms with Gasteiger partial charge in [-0.2, -0.15) is 0 Å². The van der Waals surface area contributed by atoms with Crippen molar-refractivity contribution in [2.45, 2.75) is 38.3 Å². The summed E-state index contributed by atoms with van der Waals surface area (Å²) in [5.74, 6) is -0.0314. The van der Waals surface area contributed by atoms with Crippen molar-refractivity contribution in [1.29, 1.82) is 0 Å². The molecule has 8 nitrogen and oxygen atoms in total. The van der Waals surface area contributed by atoms with Crippen LogP contribution in [0.3, 0.4) is 0 Å². The van der Waals surface area contributed by atoms with Crippen LogP contribution < -0.4 is 16.0 Å². The van der Waals surface area contributed by atoms with Crippen LogP contribution >= 0.6 is 11.3 Å². The van der Waals surface area contributed by atoms with Gasteiger partial charge in [-0.3, -0.25) is 14.9 Å². The van der Waals surface area contributed by atoms with Crippen LogP contribution in [0.1, 0.15) is 58.3 Å². The molecule has 0 unspecified atom stereocenters. The average Bonchev–Trinajstić information content (AvgIpc) is 3.60. The van der Waals surface area contributed by atoms with E-state index < -0.39 is 5.91 Å². The van der Waals surface area contributed by atoms with Gasteiger partial charge in [0.25, 0.3) is 5.91 Å². The van der Waals surface area contributed by atoms with Crippen LogP contribution in [-0.4, -0.2) is 41.1 Å². The minimum absolute atomic E-state index is 0.136. The molecule has 5 rings (SSSR count). The number of ether oxygens (including phenoxy) is 1. The molecule has 2 aliphatic rings. The number of rotatable bonds is 7. The number of nitrogens with one attached hydrogen (secondary N) is 1. The van der Waals surface area contributed by atoms with E-state index >= 15 is 0 Å². The van der Waals surface area contributed by atoms with E-state index in [0.29, 0.717) is 22.3 Å². The highest BCUT2D eigenvalue weighted by Gasteiger charge is 2.29. The first-order valence-corrected chi connectivity index (χ1v) is 12.6. The lowest BCUT2D eigenvalue weighted by molar-refractivity contribution is 0.0610. The van der Waals surface area contributed by atoms with Crippen molar-refractivity contribution in [3.63, 3.8) is 0 Å². The van der Waals surface area contributed by atoms with Gasteiger partial charge < -0.3 is 19.9 Å². The molecule has 0 saturated carbocycles. The minimum Gasteiger partial charge on any atom is -0.381 e. The molecule has 9 heteroatoms. The lowest BCUT2D eigenvalue weighted by Gasteiger charge is -2.25. The van der Waals surface area contributed by atoms with Crippen LogP contribution in [0.15, 0.2) is 48.0 Å². The topological polar surface area (TPSA) is 102 Å². The first-order chi connectivity index (χ1) is 16.6. The molecule has 2 amide bonds. The molecule has 0 radical (unpaired) electrons. The number of carbonyl (C=O) groups is 2. The second kappa shape index (κ2) is 9.99. The number of thiazole rings is 1. The van der Waals surface area contributed by atoms with Crippen molar-refractivity contribution in [2.75, 3.05) is 30.0 Å². The summed E-state index contributed by atoms with van der Waals surface area (Å²) in [6.07, 6.45) is 6.07. The van der Waals surface area contributed by atoms with Crippen LogP contribution in [0.2, 0.25) is 0 Å². The first-order valence-electron chi connectivity index (χ1n) is 11.7. The molecule has 0 spiro atoms. The largest absolute Gasteiger partial charge is 0.381 e. The Labute approximate surface area is 202 Å². The molecule has 0 bridgehead atoms. The fraction of sp³-hybridized carbons (Fsp3) is 0.400. The lowest BCUT2D eigenvalue weighted by atomic mass is 10.0. The SMILES string of the molecule is NC(=O)c1ccc(N2CCC[C@@H]2c2csc(NC(=O)c3cccn3CC3CCOCC3)n2)cc1. The molecule has 3 N–H and O–H groups in total. The predicted molar refractivity (Wildman–Crippen MR) is 132 cm³/mol. The predicted octanol–water partition coefficient (Wildman–Crippen LogP) is 4.06. The third-order valence-electron chi connectivity index (χ3n) is 6.68. The van der Waals surface area contributed by atoms with Crippen molar-refractivity contribution in [3.05, 3.63) is 64.9 Å². The Morgan fingerprint density at radius 2 is 1.94 bits per heavy atom. The summed E-state index contributed by atoms with van der Waals surface area (Å²) in [6.45, 7) is 3.33. The van der Waals surface area contributed by atoms with Gasteiger partial charge in [0, 0.05) is 49.1 Å². The number of amides is 2. The monoisotopic (exact) mass is 479 g/mol. The first kappa shape index (κ1) is 22.6. The molecule has 1 atom stereocenters. The molecule has 2 aliphatic heterocycles. The summed E-state index contributed by atoms with van der Waals surface area (Å²) in [4.78, 5) is 31.4. The highest BCUT2D eigenvalue weighted by atomic mass is 32.1. The molecule has 0 aliphatic carbocycles. The number of nitrogens with two attached hydrogens (primary N) is 1. The molecule has 4 heterocycles. The van der Waals surface area contributed by atoms with Crippen molar-refractivity contribution in [3.8, 4) is 0 Å². The number of primary amides is 1. The maximum absolute atomic E-state index is 13.0. The van der Waals surface area contributed by atoms with Gasteiger partial charge >= 0.3 is 0 Å². The Hall–Kier alpha value is -3.17. The van der Waals surface area contributed by atoms with Gasteiger partial charge in [0.05, 0.1) is 11.7 Å². The van der Waals surface area contributed by atoms with Crippen molar-refractivity contribution in [1.82, 2.24) is 9.55 Å². The zero-order chi connectivity index (χ0) is 23.5. The van der Waals surface area contributed by atoms with Gasteiger partial charge in [0.2, 0.25) is 5.91 Å². The zero-order valence-corrected chi connectivity index (χ0v) is 19.8. The third-order valence-corrected chi connectivity index (χ3v) is 7.45. The number of benzene rings is 1. The van der Waals surface area contributed by atoms with Gasteiger partial charge in [-0.05, 0) is 68.0 Å². The van der Waals surface area contributed by atoms with Crippen LogP contribution in [0.4, 0.5) is 10.8 Å². The van der Waals surface area contributed by atoms with E-state index in [1.807, 2.05) is 40.4 Å². The number of nitrogens with zero attached hydrogens (tertiary/aromatic N) is 3. The van der Waals surface area contributed by atoms with Gasteiger partial charge in [-0.15, -0.1) is 11.3 Å². The van der Waals surface area contributed by atoms with Crippen LogP contribution in [-0.2, 0) is 11.3 Å². The summed E-state index contributed by atoms with van der Waals surface area (Å²) in [7, 11) is 0. The Balaban J connectivity index is 1.25. The minimum atomic E-state index is -0.427. The molecular weight excluding hydrogens is 450 g/mol. The lowest BCUT2D eigenvalue weighted by Crippen LogP contribution is -2.24. The van der Waals surface area contributed by atoms with Gasteiger partial charge in [-0.25, -0.2) is 4.98 Å². The fourth-order valence-electron chi connectivity index (χ4n) is 4.84. The number of aromatic nitrogens is 2. The van der Waals surface area contributed by atoms with E-state index in [9.17, 15) is 9.59 Å². The smallest absolute Gasteiger partial charge is 0.274 e. The summed E-state index contributed by atoms with van der Waals surface area (Å²) in [5, 5.41) is 5.62. The van der Waals surface area contributed by atoms with Crippen molar-refractivity contribution in [2.24, 2.45) is 11.7 Å². The number of hydrogen-bond acceptors (Lipinski definition) is 6. The molecule has 2 fully saturated rings. The van der Waals surface area contributed by atoms with Crippen LogP contribution in [0, 0.1) is 5.92 Å². The Kier molecular flexibility index (Phi) is 6.64. The van der Waals surface area contributed by atoms with E-state index in [1.165, 1.54) is 11.3 Å². The third kappa shape index (κ3) is 4.85. The van der Waals surface area contributed by atoms with E-state index in [-0.39, 0.29) is 11.9 Å². The quantitative estimate of drug-likeness (QED) is 0.532. The standard InChI is InChI=1S/C25H29N5O3S/c26-23(31)18-5-7-19(8-6-18)30-12-2-3-21(30)20-16-34-25(27-20)28-24(32)22-4-1-11-29(22)15-17-9-13-33-14-10-17/h1,4-8,11,16-17,21H,2-3,9-10,12-15H2,(H2,26,31)(H,27,28,32)/t21-/m1/s1. The summed E-state index contributed by atoms with van der Waals surface area (Å²) in [6, 6.07) is 11.3. The Morgan fingerprint density at radius 3 is 2.71 bits per heavy atom. The maximum atomic E-state index is 13.0. The van der Waals surface area contributed by atoms with Gasteiger partial charge in [0.15, 0.2) is 5.13 Å². The van der Waals surface area contributed by atoms with Crippen molar-refractivity contribution >= 4 is 34.0 Å². The number of carbonyl (C=O) groups excluding carboxylic acids is 2. The van der Waals surface area contributed by atoms with E-state index in [2.05, 4.69) is 10.2 Å². The van der Waals surface area contributed by atoms with Gasteiger partial charge in [0.1, 0.15) is 5.69 Å². The van der Waals surface area contributed by atoms with Crippen LogP contribution in [0.25, 0.3) is 0 Å². The number of anilines is 2. The summed E-state index contributed by atoms with van der Waals surface area (Å²) >= 11 is 1.45. The van der Waals surface area contributed by atoms with Crippen molar-refractivity contribution < 1.29 is 14.3 Å². The molecule has 2 saturated heterocycles. The Bertz CT molecular complexity index is 1150. The summed E-state index contributed by atoms with van der Waals surface area (Å²) in [5.41, 5.74) is 8.51. The molecule has 3 aromatic rings. The highest BCUT2D eigenvalue weighted by Crippen LogP contribution is 2.37. The summed E-state index contributed by atoms with van der Waals surface area (Å²) < 4.78 is 7.49. The van der Waals surface area contributed by atoms with E-state index in [4.69, 9.17) is 15.5 Å². The van der Waals surface area contributed by atoms with E-state index in [0.717, 1.165) is 63.4 Å². The number of hydrogen-bond donors (Lipinski definition) is 2. The second-order valence-electron chi connectivity index (χ2n) is 8.90. The molecule has 34 heavy (non-hydrogen) atoms.